The average molecular weight is 310 g/mol. The van der Waals surface area contributed by atoms with Crippen molar-refractivity contribution < 1.29 is 9.53 Å². The summed E-state index contributed by atoms with van der Waals surface area (Å²) >= 11 is 1.69. The number of nitrogens with zero attached hydrogens (tertiary/aromatic N) is 1. The lowest BCUT2D eigenvalue weighted by Gasteiger charge is -2.27. The first-order valence-corrected chi connectivity index (χ1v) is 8.57. The Morgan fingerprint density at radius 1 is 1.52 bits per heavy atom. The summed E-state index contributed by atoms with van der Waals surface area (Å²) in [6.45, 7) is 11.1. The summed E-state index contributed by atoms with van der Waals surface area (Å²) in [4.78, 5) is 18.0. The van der Waals surface area contributed by atoms with E-state index in [4.69, 9.17) is 9.72 Å². The molecule has 1 aliphatic carbocycles. The number of carbonyl (C=O) groups is 1. The summed E-state index contributed by atoms with van der Waals surface area (Å²) in [6, 6.07) is 0.325. The molecule has 2 atom stereocenters. The zero-order valence-corrected chi connectivity index (χ0v) is 14.5. The molecule has 0 amide bonds. The average Bonchev–Trinajstić information content (AvgIpc) is 2.79. The fraction of sp³-hybridized carbons (Fsp3) is 0.750. The summed E-state index contributed by atoms with van der Waals surface area (Å²) in [7, 11) is 0. The number of fused-ring (bicyclic) bond motifs is 1. The van der Waals surface area contributed by atoms with E-state index in [-0.39, 0.29) is 17.3 Å². The van der Waals surface area contributed by atoms with Gasteiger partial charge in [-0.3, -0.25) is 4.79 Å². The van der Waals surface area contributed by atoms with Gasteiger partial charge in [0.1, 0.15) is 5.92 Å². The Kier molecular flexibility index (Phi) is 4.91. The van der Waals surface area contributed by atoms with Gasteiger partial charge in [-0.2, -0.15) is 0 Å². The van der Waals surface area contributed by atoms with Crippen molar-refractivity contribution in [2.45, 2.75) is 65.8 Å². The molecule has 1 aliphatic rings. The van der Waals surface area contributed by atoms with Crippen LogP contribution in [0.2, 0.25) is 0 Å². The molecule has 21 heavy (non-hydrogen) atoms. The summed E-state index contributed by atoms with van der Waals surface area (Å²) in [5.74, 6) is -0.301. The van der Waals surface area contributed by atoms with Crippen molar-refractivity contribution in [1.29, 1.82) is 0 Å². The van der Waals surface area contributed by atoms with Crippen LogP contribution in [-0.2, 0) is 16.0 Å². The number of thiazole rings is 1. The quantitative estimate of drug-likeness (QED) is 0.855. The van der Waals surface area contributed by atoms with Crippen LogP contribution < -0.4 is 5.32 Å². The van der Waals surface area contributed by atoms with Crippen molar-refractivity contribution in [1.82, 2.24) is 4.98 Å². The number of nitrogens with one attached hydrogen (secondary N) is 1. The molecule has 1 aromatic heterocycles. The first-order valence-electron chi connectivity index (χ1n) is 7.75. The number of carbonyl (C=O) groups excluding carboxylic acids is 1. The van der Waals surface area contributed by atoms with E-state index in [1.807, 2.05) is 6.92 Å². The van der Waals surface area contributed by atoms with Gasteiger partial charge in [0.15, 0.2) is 5.13 Å². The van der Waals surface area contributed by atoms with Crippen LogP contribution in [-0.4, -0.2) is 23.6 Å². The Labute approximate surface area is 131 Å². The number of rotatable bonds is 4. The second kappa shape index (κ2) is 6.34. The highest BCUT2D eigenvalue weighted by molar-refractivity contribution is 7.15. The molecule has 0 spiro atoms. The largest absolute Gasteiger partial charge is 0.465 e. The van der Waals surface area contributed by atoms with Gasteiger partial charge in [-0.1, -0.05) is 20.8 Å². The predicted octanol–water partition coefficient (Wildman–Crippen LogP) is 3.97. The van der Waals surface area contributed by atoms with Gasteiger partial charge in [0.25, 0.3) is 0 Å². The third-order valence-corrected chi connectivity index (χ3v) is 5.23. The van der Waals surface area contributed by atoms with E-state index in [0.717, 1.165) is 30.1 Å². The van der Waals surface area contributed by atoms with Crippen LogP contribution in [0.4, 0.5) is 5.13 Å². The predicted molar refractivity (Wildman–Crippen MR) is 87.0 cm³/mol. The molecule has 0 bridgehead atoms. The van der Waals surface area contributed by atoms with Crippen molar-refractivity contribution in [3.05, 3.63) is 10.6 Å². The maximum atomic E-state index is 12.1. The molecule has 1 aromatic rings. The lowest BCUT2D eigenvalue weighted by Crippen LogP contribution is -2.30. The maximum absolute atomic E-state index is 12.1. The highest BCUT2D eigenvalue weighted by atomic mass is 32.1. The summed E-state index contributed by atoms with van der Waals surface area (Å²) in [5, 5.41) is 4.42. The summed E-state index contributed by atoms with van der Waals surface area (Å²) in [5.41, 5.74) is 1.11. The van der Waals surface area contributed by atoms with Crippen LogP contribution in [0.25, 0.3) is 0 Å². The van der Waals surface area contributed by atoms with E-state index >= 15 is 0 Å². The molecule has 0 aromatic carbocycles. The Morgan fingerprint density at radius 3 is 2.86 bits per heavy atom. The number of ether oxygens (including phenoxy) is 1. The van der Waals surface area contributed by atoms with Crippen LogP contribution in [0.15, 0.2) is 0 Å². The molecule has 0 saturated carbocycles. The van der Waals surface area contributed by atoms with Gasteiger partial charge in [0.2, 0.25) is 0 Å². The fourth-order valence-electron chi connectivity index (χ4n) is 2.35. The van der Waals surface area contributed by atoms with E-state index in [1.165, 1.54) is 4.88 Å². The Morgan fingerprint density at radius 2 is 2.24 bits per heavy atom. The summed E-state index contributed by atoms with van der Waals surface area (Å²) < 4.78 is 5.19. The molecule has 5 heteroatoms. The molecule has 2 rings (SSSR count). The van der Waals surface area contributed by atoms with Crippen LogP contribution in [0.5, 0.6) is 0 Å². The smallest absolute Gasteiger partial charge is 0.315 e. The zero-order chi connectivity index (χ0) is 15.6. The molecule has 1 N–H and O–H groups in total. The van der Waals surface area contributed by atoms with Gasteiger partial charge < -0.3 is 10.1 Å². The van der Waals surface area contributed by atoms with E-state index < -0.39 is 0 Å². The normalized spacial score (nSPS) is 19.8. The molecule has 0 saturated heterocycles. The second-order valence-electron chi connectivity index (χ2n) is 6.76. The van der Waals surface area contributed by atoms with Gasteiger partial charge in [-0.15, -0.1) is 11.3 Å². The molecule has 1 heterocycles. The Bertz CT molecular complexity index is 505. The van der Waals surface area contributed by atoms with E-state index in [2.05, 4.69) is 33.0 Å². The zero-order valence-electron chi connectivity index (χ0n) is 13.7. The van der Waals surface area contributed by atoms with Gasteiger partial charge in [-0.25, -0.2) is 4.98 Å². The Hall–Kier alpha value is -1.10. The van der Waals surface area contributed by atoms with Gasteiger partial charge in [-0.05, 0) is 38.5 Å². The highest BCUT2D eigenvalue weighted by Gasteiger charge is 2.32. The first-order chi connectivity index (χ1) is 9.82. The molecule has 2 unspecified atom stereocenters. The van der Waals surface area contributed by atoms with Crippen LogP contribution in [0, 0.1) is 5.41 Å². The third kappa shape index (κ3) is 3.76. The minimum Gasteiger partial charge on any atom is -0.465 e. The lowest BCUT2D eigenvalue weighted by molar-refractivity contribution is -0.145. The van der Waals surface area contributed by atoms with E-state index in [0.29, 0.717) is 12.6 Å². The van der Waals surface area contributed by atoms with Gasteiger partial charge >= 0.3 is 5.97 Å². The van der Waals surface area contributed by atoms with E-state index in [9.17, 15) is 4.79 Å². The molecule has 4 nitrogen and oxygen atoms in total. The van der Waals surface area contributed by atoms with Crippen LogP contribution in [0.3, 0.4) is 0 Å². The SMILES string of the molecule is CCOC(=O)C1CCCc2sc(NC(C)C(C)(C)C)nc21. The second-order valence-corrected chi connectivity index (χ2v) is 7.84. The third-order valence-electron chi connectivity index (χ3n) is 4.16. The number of esters is 1. The van der Waals surface area contributed by atoms with Crippen molar-refractivity contribution in [3.63, 3.8) is 0 Å². The van der Waals surface area contributed by atoms with Crippen molar-refractivity contribution in [2.75, 3.05) is 11.9 Å². The van der Waals surface area contributed by atoms with Crippen molar-refractivity contribution in [3.8, 4) is 0 Å². The molecule has 0 radical (unpaired) electrons. The Balaban J connectivity index is 2.17. The number of hydrogen-bond donors (Lipinski definition) is 1. The van der Waals surface area contributed by atoms with Gasteiger partial charge in [0.05, 0.1) is 12.3 Å². The minimum atomic E-state index is -0.176. The number of aryl methyl sites for hydroxylation is 1. The van der Waals surface area contributed by atoms with Gasteiger partial charge in [0, 0.05) is 10.9 Å². The first kappa shape index (κ1) is 16.3. The fourth-order valence-corrected chi connectivity index (χ4v) is 3.51. The van der Waals surface area contributed by atoms with Crippen LogP contribution in [0.1, 0.15) is 63.9 Å². The molecule has 0 aliphatic heterocycles. The van der Waals surface area contributed by atoms with E-state index in [1.54, 1.807) is 11.3 Å². The maximum Gasteiger partial charge on any atom is 0.315 e. The monoisotopic (exact) mass is 310 g/mol. The lowest BCUT2D eigenvalue weighted by atomic mass is 9.88. The number of aromatic nitrogens is 1. The molecular formula is C16H26N2O2S. The van der Waals surface area contributed by atoms with Crippen molar-refractivity contribution >= 4 is 22.4 Å². The molecular weight excluding hydrogens is 284 g/mol. The molecule has 0 fully saturated rings. The topological polar surface area (TPSA) is 51.2 Å². The summed E-state index contributed by atoms with van der Waals surface area (Å²) in [6.07, 6.45) is 2.91. The molecule has 118 valence electrons. The minimum absolute atomic E-state index is 0.126. The van der Waals surface area contributed by atoms with Crippen LogP contribution >= 0.6 is 11.3 Å². The number of hydrogen-bond acceptors (Lipinski definition) is 5. The standard InChI is InChI=1S/C16H26N2O2S/c1-6-20-14(19)11-8-7-9-12-13(11)18-15(21-12)17-10(2)16(3,4)5/h10-11H,6-9H2,1-5H3,(H,17,18). The number of anilines is 1. The van der Waals surface area contributed by atoms with Crippen molar-refractivity contribution in [2.24, 2.45) is 5.41 Å². The highest BCUT2D eigenvalue weighted by Crippen LogP contribution is 2.38.